The van der Waals surface area contributed by atoms with Crippen molar-refractivity contribution in [1.29, 1.82) is 0 Å². The molecule has 0 saturated heterocycles. The zero-order valence-corrected chi connectivity index (χ0v) is 8.52. The largest absolute Gasteiger partial charge is 0.317 e. The second-order valence-corrected chi connectivity index (χ2v) is 5.94. The fourth-order valence-corrected chi connectivity index (χ4v) is 3.26. The number of nitrogens with one attached hydrogen (secondary N) is 1. The Morgan fingerprint density at radius 2 is 2.08 bits per heavy atom. The highest BCUT2D eigenvalue weighted by molar-refractivity contribution is 7.92. The van der Waals surface area contributed by atoms with Gasteiger partial charge >= 0.3 is 0 Å². The molecule has 0 aromatic heterocycles. The number of hydrogen-bond donors (Lipinski definition) is 1. The van der Waals surface area contributed by atoms with Crippen LogP contribution in [0.15, 0.2) is 0 Å². The molecule has 2 unspecified atom stereocenters. The molecule has 0 aromatic carbocycles. The maximum absolute atomic E-state index is 11.4. The Bertz CT molecular complexity index is 235. The van der Waals surface area contributed by atoms with E-state index >= 15 is 0 Å². The van der Waals surface area contributed by atoms with Crippen molar-refractivity contribution in [2.24, 2.45) is 0 Å². The molecule has 1 fully saturated rings. The Morgan fingerprint density at radius 3 is 2.50 bits per heavy atom. The first-order valence-corrected chi connectivity index (χ1v) is 6.20. The van der Waals surface area contributed by atoms with Crippen LogP contribution in [-0.2, 0) is 9.84 Å². The second kappa shape index (κ2) is 3.75. The Kier molecular flexibility index (Phi) is 3.12. The molecule has 0 heterocycles. The van der Waals surface area contributed by atoms with E-state index in [9.17, 15) is 8.42 Å². The van der Waals surface area contributed by atoms with Crippen LogP contribution in [0.3, 0.4) is 0 Å². The highest BCUT2D eigenvalue weighted by Crippen LogP contribution is 2.25. The molecule has 1 aliphatic rings. The maximum atomic E-state index is 11.4. The van der Waals surface area contributed by atoms with Crippen molar-refractivity contribution in [3.63, 3.8) is 0 Å². The molecular formula is C8H17NO2S. The minimum Gasteiger partial charge on any atom is -0.317 e. The lowest BCUT2D eigenvalue weighted by molar-refractivity contribution is 0.565. The molecule has 0 amide bonds. The van der Waals surface area contributed by atoms with E-state index in [1.807, 2.05) is 7.05 Å². The summed E-state index contributed by atoms with van der Waals surface area (Å²) < 4.78 is 22.9. The van der Waals surface area contributed by atoms with Gasteiger partial charge in [0.2, 0.25) is 0 Å². The van der Waals surface area contributed by atoms with Gasteiger partial charge in [0, 0.05) is 11.8 Å². The van der Waals surface area contributed by atoms with E-state index in [4.69, 9.17) is 0 Å². The second-order valence-electron chi connectivity index (χ2n) is 3.37. The molecule has 0 spiro atoms. The topological polar surface area (TPSA) is 46.2 Å². The van der Waals surface area contributed by atoms with Gasteiger partial charge in [0.1, 0.15) is 0 Å². The smallest absolute Gasteiger partial charge is 0.152 e. The van der Waals surface area contributed by atoms with E-state index in [-0.39, 0.29) is 11.0 Å². The Balaban J connectivity index is 2.58. The highest BCUT2D eigenvalue weighted by atomic mass is 32.2. The fraction of sp³-hybridized carbons (Fsp3) is 1.00. The Morgan fingerprint density at radius 1 is 1.42 bits per heavy atom. The predicted molar refractivity (Wildman–Crippen MR) is 49.9 cm³/mol. The van der Waals surface area contributed by atoms with Gasteiger partial charge in [-0.05, 0) is 26.3 Å². The average molecular weight is 191 g/mol. The number of hydrogen-bond acceptors (Lipinski definition) is 3. The van der Waals surface area contributed by atoms with Crippen LogP contribution in [0.1, 0.15) is 26.2 Å². The van der Waals surface area contributed by atoms with Crippen molar-refractivity contribution >= 4 is 9.84 Å². The fourth-order valence-electron chi connectivity index (χ4n) is 1.76. The lowest BCUT2D eigenvalue weighted by Gasteiger charge is -2.09. The van der Waals surface area contributed by atoms with E-state index < -0.39 is 9.84 Å². The monoisotopic (exact) mass is 191 g/mol. The van der Waals surface area contributed by atoms with Gasteiger partial charge < -0.3 is 5.32 Å². The standard InChI is InChI=1S/C8H17NO2S/c1-3-12(10,11)8-5-4-7(6-8)9-2/h7-9H,3-6H2,1-2H3. The predicted octanol–water partition coefficient (Wildman–Crippen LogP) is 0.562. The molecule has 1 saturated carbocycles. The van der Waals surface area contributed by atoms with Gasteiger partial charge in [-0.2, -0.15) is 0 Å². The molecule has 72 valence electrons. The molecule has 12 heavy (non-hydrogen) atoms. The van der Waals surface area contributed by atoms with Crippen molar-refractivity contribution in [3.8, 4) is 0 Å². The van der Waals surface area contributed by atoms with Crippen LogP contribution >= 0.6 is 0 Å². The molecule has 2 atom stereocenters. The van der Waals surface area contributed by atoms with Crippen LogP contribution in [0.4, 0.5) is 0 Å². The van der Waals surface area contributed by atoms with Crippen molar-refractivity contribution < 1.29 is 8.42 Å². The van der Waals surface area contributed by atoms with Gasteiger partial charge in [0.25, 0.3) is 0 Å². The molecule has 3 nitrogen and oxygen atoms in total. The molecule has 4 heteroatoms. The summed E-state index contributed by atoms with van der Waals surface area (Å²) in [6, 6.07) is 0.413. The molecule has 1 N–H and O–H groups in total. The van der Waals surface area contributed by atoms with Gasteiger partial charge in [0.05, 0.1) is 5.25 Å². The molecule has 1 aliphatic carbocycles. The third-order valence-electron chi connectivity index (χ3n) is 2.70. The summed E-state index contributed by atoms with van der Waals surface area (Å²) >= 11 is 0. The first-order chi connectivity index (χ1) is 5.60. The summed E-state index contributed by atoms with van der Waals surface area (Å²) in [4.78, 5) is 0. The molecule has 0 aliphatic heterocycles. The van der Waals surface area contributed by atoms with Gasteiger partial charge in [-0.25, -0.2) is 8.42 Å². The lowest BCUT2D eigenvalue weighted by atomic mass is 10.3. The summed E-state index contributed by atoms with van der Waals surface area (Å²) in [6.07, 6.45) is 2.63. The summed E-state index contributed by atoms with van der Waals surface area (Å²) in [5, 5.41) is 3.04. The quantitative estimate of drug-likeness (QED) is 0.709. The van der Waals surface area contributed by atoms with E-state index in [2.05, 4.69) is 5.32 Å². The van der Waals surface area contributed by atoms with Gasteiger partial charge in [-0.3, -0.25) is 0 Å². The molecular weight excluding hydrogens is 174 g/mol. The number of rotatable bonds is 3. The van der Waals surface area contributed by atoms with Crippen LogP contribution in [-0.4, -0.2) is 32.5 Å². The maximum Gasteiger partial charge on any atom is 0.152 e. The molecule has 0 bridgehead atoms. The zero-order chi connectivity index (χ0) is 9.19. The summed E-state index contributed by atoms with van der Waals surface area (Å²) in [6.45, 7) is 1.72. The van der Waals surface area contributed by atoms with Gasteiger partial charge in [-0.1, -0.05) is 6.92 Å². The van der Waals surface area contributed by atoms with Crippen LogP contribution in [0, 0.1) is 0 Å². The van der Waals surface area contributed by atoms with Crippen molar-refractivity contribution in [2.75, 3.05) is 12.8 Å². The van der Waals surface area contributed by atoms with E-state index in [0.717, 1.165) is 19.3 Å². The summed E-state index contributed by atoms with van der Waals surface area (Å²) in [5.41, 5.74) is 0. The van der Waals surface area contributed by atoms with Crippen LogP contribution in [0.2, 0.25) is 0 Å². The number of sulfone groups is 1. The van der Waals surface area contributed by atoms with Crippen molar-refractivity contribution in [2.45, 2.75) is 37.5 Å². The molecule has 1 rings (SSSR count). The minimum absolute atomic E-state index is 0.0834. The van der Waals surface area contributed by atoms with Crippen LogP contribution in [0.5, 0.6) is 0 Å². The van der Waals surface area contributed by atoms with Crippen LogP contribution in [0.25, 0.3) is 0 Å². The van der Waals surface area contributed by atoms with Gasteiger partial charge in [0.15, 0.2) is 9.84 Å². The first kappa shape index (κ1) is 9.99. The van der Waals surface area contributed by atoms with E-state index in [0.29, 0.717) is 6.04 Å². The van der Waals surface area contributed by atoms with E-state index in [1.165, 1.54) is 0 Å². The SMILES string of the molecule is CCS(=O)(=O)C1CCC(NC)C1. The Hall–Kier alpha value is -0.0900. The lowest BCUT2D eigenvalue weighted by Crippen LogP contribution is -2.25. The summed E-state index contributed by atoms with van der Waals surface area (Å²) in [5.74, 6) is 0.286. The van der Waals surface area contributed by atoms with Crippen LogP contribution < -0.4 is 5.32 Å². The van der Waals surface area contributed by atoms with Crippen molar-refractivity contribution in [3.05, 3.63) is 0 Å². The molecule has 0 aromatic rings. The third-order valence-corrected chi connectivity index (χ3v) is 4.95. The Labute approximate surface area is 74.5 Å². The van der Waals surface area contributed by atoms with Crippen molar-refractivity contribution in [1.82, 2.24) is 5.32 Å². The normalized spacial score (nSPS) is 30.8. The third kappa shape index (κ3) is 1.98. The van der Waals surface area contributed by atoms with E-state index in [1.54, 1.807) is 6.92 Å². The summed E-state index contributed by atoms with van der Waals surface area (Å²) in [7, 11) is -0.886. The zero-order valence-electron chi connectivity index (χ0n) is 7.71. The average Bonchev–Trinajstić information content (AvgIpc) is 2.52. The molecule has 0 radical (unpaired) electrons. The first-order valence-electron chi connectivity index (χ1n) is 4.49. The highest BCUT2D eigenvalue weighted by Gasteiger charge is 2.31. The minimum atomic E-state index is -2.78. The van der Waals surface area contributed by atoms with Gasteiger partial charge in [-0.15, -0.1) is 0 Å².